The molecule has 2 aliphatic rings. The van der Waals surface area contributed by atoms with Crippen molar-refractivity contribution in [3.63, 3.8) is 0 Å². The van der Waals surface area contributed by atoms with Gasteiger partial charge in [-0.2, -0.15) is 0 Å². The number of nitrogens with zero attached hydrogens (tertiary/aromatic N) is 2. The largest absolute Gasteiger partial charge is 0.479 e. The third-order valence-electron chi connectivity index (χ3n) is 6.22. The van der Waals surface area contributed by atoms with Crippen molar-refractivity contribution in [3.05, 3.63) is 47.2 Å². The van der Waals surface area contributed by atoms with E-state index in [1.807, 2.05) is 12.1 Å². The highest BCUT2D eigenvalue weighted by Crippen LogP contribution is 2.33. The normalized spacial score (nSPS) is 19.2. The highest BCUT2D eigenvalue weighted by Gasteiger charge is 2.19. The van der Waals surface area contributed by atoms with Crippen LogP contribution in [0.4, 0.5) is 5.69 Å². The first-order chi connectivity index (χ1) is 14.1. The minimum atomic E-state index is -1.35. The number of hydrogen-bond acceptors (Lipinski definition) is 4. The first-order valence-corrected chi connectivity index (χ1v) is 11.8. The van der Waals surface area contributed by atoms with Gasteiger partial charge in [0.2, 0.25) is 5.88 Å². The summed E-state index contributed by atoms with van der Waals surface area (Å²) in [5.74, 6) is 1.17. The highest BCUT2D eigenvalue weighted by molar-refractivity contribution is 7.86. The third kappa shape index (κ3) is 4.81. The number of likely N-dealkylation sites (N-methyl/N-ethyl adjacent to an activating group) is 1. The summed E-state index contributed by atoms with van der Waals surface area (Å²) in [6.45, 7) is 2.00. The number of pyridine rings is 1. The van der Waals surface area contributed by atoms with Gasteiger partial charge in [-0.05, 0) is 61.6 Å². The molecule has 0 radical (unpaired) electrons. The van der Waals surface area contributed by atoms with Gasteiger partial charge in [0, 0.05) is 25.2 Å². The molecule has 1 N–H and O–H groups in total. The number of ether oxygens (including phenoxy) is 1. The van der Waals surface area contributed by atoms with Crippen molar-refractivity contribution >= 4 is 16.7 Å². The van der Waals surface area contributed by atoms with E-state index in [-0.39, 0.29) is 0 Å². The molecule has 0 spiro atoms. The molecule has 0 amide bonds. The van der Waals surface area contributed by atoms with Crippen LogP contribution in [0.1, 0.15) is 54.8 Å². The second-order valence-electron chi connectivity index (χ2n) is 8.23. The van der Waals surface area contributed by atoms with Crippen molar-refractivity contribution in [1.82, 2.24) is 9.88 Å². The molecule has 1 aliphatic heterocycles. The molecule has 1 aliphatic carbocycles. The van der Waals surface area contributed by atoms with E-state index >= 15 is 0 Å². The van der Waals surface area contributed by atoms with E-state index in [9.17, 15) is 4.21 Å². The standard InChI is InChI=1S/C23H31N3O2S/c1-26-14-12-19-16-22(23(28-2)24-21(19)13-15-26)25-29(27)20-10-8-18(9-11-20)17-6-4-3-5-7-17/h8-11,16-17,25H,3-7,12-15H2,1-2H3. The fraction of sp³-hybridized carbons (Fsp3) is 0.522. The summed E-state index contributed by atoms with van der Waals surface area (Å²) < 4.78 is 21.6. The minimum absolute atomic E-state index is 0.514. The number of rotatable bonds is 5. The Hall–Kier alpha value is -1.92. The molecule has 1 fully saturated rings. The van der Waals surface area contributed by atoms with Gasteiger partial charge >= 0.3 is 0 Å². The van der Waals surface area contributed by atoms with Crippen molar-refractivity contribution in [2.24, 2.45) is 0 Å². The maximum Gasteiger partial charge on any atom is 0.238 e. The third-order valence-corrected chi connectivity index (χ3v) is 7.32. The Bertz CT molecular complexity index is 863. The molecule has 1 aromatic heterocycles. The molecule has 1 aromatic carbocycles. The predicted molar refractivity (Wildman–Crippen MR) is 118 cm³/mol. The number of fused-ring (bicyclic) bond motifs is 1. The van der Waals surface area contributed by atoms with Crippen molar-refractivity contribution in [2.45, 2.75) is 55.8 Å². The molecule has 4 rings (SSSR count). The van der Waals surface area contributed by atoms with Crippen molar-refractivity contribution in [2.75, 3.05) is 32.0 Å². The minimum Gasteiger partial charge on any atom is -0.479 e. The van der Waals surface area contributed by atoms with Crippen LogP contribution >= 0.6 is 0 Å². The lowest BCUT2D eigenvalue weighted by Gasteiger charge is -2.22. The fourth-order valence-electron chi connectivity index (χ4n) is 4.41. The van der Waals surface area contributed by atoms with Gasteiger partial charge in [0.15, 0.2) is 0 Å². The van der Waals surface area contributed by atoms with Crippen molar-refractivity contribution < 1.29 is 8.95 Å². The van der Waals surface area contributed by atoms with Crippen LogP contribution in [-0.4, -0.2) is 41.3 Å². The molecule has 1 unspecified atom stereocenters. The van der Waals surface area contributed by atoms with Crippen LogP contribution < -0.4 is 9.46 Å². The number of anilines is 1. The number of methoxy groups -OCH3 is 1. The monoisotopic (exact) mass is 413 g/mol. The molecule has 1 atom stereocenters. The zero-order chi connectivity index (χ0) is 20.2. The average molecular weight is 414 g/mol. The van der Waals surface area contributed by atoms with E-state index in [1.165, 1.54) is 43.2 Å². The fourth-order valence-corrected chi connectivity index (χ4v) is 5.26. The molecular weight excluding hydrogens is 382 g/mol. The van der Waals surface area contributed by atoms with Crippen LogP contribution in [0.2, 0.25) is 0 Å². The van der Waals surface area contributed by atoms with Gasteiger partial charge < -0.3 is 9.64 Å². The molecule has 1 saturated carbocycles. The summed E-state index contributed by atoms with van der Waals surface area (Å²) in [6.07, 6.45) is 8.40. The van der Waals surface area contributed by atoms with Gasteiger partial charge in [-0.15, -0.1) is 0 Å². The van der Waals surface area contributed by atoms with Gasteiger partial charge in [0.1, 0.15) is 16.7 Å². The van der Waals surface area contributed by atoms with Gasteiger partial charge in [0.05, 0.1) is 12.0 Å². The maximum atomic E-state index is 13.0. The lowest BCUT2D eigenvalue weighted by Crippen LogP contribution is -2.20. The van der Waals surface area contributed by atoms with Gasteiger partial charge in [-0.3, -0.25) is 4.72 Å². The van der Waals surface area contributed by atoms with E-state index in [0.717, 1.165) is 36.5 Å². The Balaban J connectivity index is 1.50. The maximum absolute atomic E-state index is 13.0. The smallest absolute Gasteiger partial charge is 0.238 e. The summed E-state index contributed by atoms with van der Waals surface area (Å²) in [5, 5.41) is 0. The molecule has 156 valence electrons. The van der Waals surface area contributed by atoms with Crippen LogP contribution in [0, 0.1) is 0 Å². The van der Waals surface area contributed by atoms with Gasteiger partial charge in [-0.1, -0.05) is 31.4 Å². The summed E-state index contributed by atoms with van der Waals surface area (Å²) in [4.78, 5) is 7.79. The Morgan fingerprint density at radius 1 is 1.10 bits per heavy atom. The average Bonchev–Trinajstić information content (AvgIpc) is 2.95. The Kier molecular flexibility index (Phi) is 6.50. The Labute approximate surface area is 176 Å². The highest BCUT2D eigenvalue weighted by atomic mass is 32.2. The second kappa shape index (κ2) is 9.26. The first kappa shape index (κ1) is 20.4. The predicted octanol–water partition coefficient (Wildman–Crippen LogP) is 4.30. The van der Waals surface area contributed by atoms with Crippen LogP contribution in [-0.2, 0) is 23.8 Å². The summed E-state index contributed by atoms with van der Waals surface area (Å²) in [6, 6.07) is 10.3. The van der Waals surface area contributed by atoms with Gasteiger partial charge in [0.25, 0.3) is 0 Å². The summed E-state index contributed by atoms with van der Waals surface area (Å²) >= 11 is 0. The molecular formula is C23H31N3O2S. The molecule has 2 heterocycles. The summed E-state index contributed by atoms with van der Waals surface area (Å²) in [7, 11) is 2.40. The summed E-state index contributed by atoms with van der Waals surface area (Å²) in [5.41, 5.74) is 4.37. The van der Waals surface area contributed by atoms with E-state index < -0.39 is 11.0 Å². The van der Waals surface area contributed by atoms with E-state index in [2.05, 4.69) is 34.9 Å². The van der Waals surface area contributed by atoms with Crippen LogP contribution in [0.5, 0.6) is 5.88 Å². The molecule has 0 saturated heterocycles. The zero-order valence-electron chi connectivity index (χ0n) is 17.4. The Morgan fingerprint density at radius 3 is 2.55 bits per heavy atom. The van der Waals surface area contributed by atoms with Crippen LogP contribution in [0.15, 0.2) is 35.2 Å². The molecule has 6 heteroatoms. The molecule has 2 aromatic rings. The number of nitrogens with one attached hydrogen (secondary N) is 1. The van der Waals surface area contributed by atoms with E-state index in [4.69, 9.17) is 9.72 Å². The zero-order valence-corrected chi connectivity index (χ0v) is 18.3. The van der Waals surface area contributed by atoms with Crippen LogP contribution in [0.25, 0.3) is 0 Å². The van der Waals surface area contributed by atoms with E-state index in [1.54, 1.807) is 7.11 Å². The molecule has 0 bridgehead atoms. The van der Waals surface area contributed by atoms with Gasteiger partial charge in [-0.25, -0.2) is 9.19 Å². The van der Waals surface area contributed by atoms with E-state index in [0.29, 0.717) is 17.5 Å². The number of benzene rings is 1. The molecule has 5 nitrogen and oxygen atoms in total. The first-order valence-electron chi connectivity index (χ1n) is 10.7. The number of aromatic nitrogens is 1. The lowest BCUT2D eigenvalue weighted by atomic mass is 9.84. The SMILES string of the molecule is COc1nc2c(cc1NS(=O)c1ccc(C3CCCCC3)cc1)CCN(C)CC2. The Morgan fingerprint density at radius 2 is 1.83 bits per heavy atom. The number of hydrogen-bond donors (Lipinski definition) is 1. The molecule has 29 heavy (non-hydrogen) atoms. The van der Waals surface area contributed by atoms with Crippen molar-refractivity contribution in [3.8, 4) is 5.88 Å². The van der Waals surface area contributed by atoms with Crippen molar-refractivity contribution in [1.29, 1.82) is 0 Å². The lowest BCUT2D eigenvalue weighted by molar-refractivity contribution is 0.351. The topological polar surface area (TPSA) is 54.5 Å². The quantitative estimate of drug-likeness (QED) is 0.794. The van der Waals surface area contributed by atoms with Crippen LogP contribution in [0.3, 0.4) is 0 Å². The second-order valence-corrected chi connectivity index (χ2v) is 9.44.